The van der Waals surface area contributed by atoms with Crippen LogP contribution in [0.1, 0.15) is 36.0 Å². The molecular formula is C14H18ClNO3. The molecule has 1 aromatic carbocycles. The second-order valence-electron chi connectivity index (χ2n) is 4.70. The number of aromatic carboxylic acids is 1. The van der Waals surface area contributed by atoms with E-state index in [0.717, 1.165) is 12.8 Å². The molecule has 1 saturated carbocycles. The Morgan fingerprint density at radius 3 is 2.84 bits per heavy atom. The lowest BCUT2D eigenvalue weighted by Crippen LogP contribution is -2.16. The van der Waals surface area contributed by atoms with Crippen LogP contribution in [-0.4, -0.2) is 30.3 Å². The number of hydrogen-bond acceptors (Lipinski definition) is 3. The Labute approximate surface area is 117 Å². The van der Waals surface area contributed by atoms with Crippen molar-refractivity contribution in [2.24, 2.45) is 0 Å². The number of anilines is 1. The van der Waals surface area contributed by atoms with Crippen molar-refractivity contribution in [1.82, 2.24) is 0 Å². The van der Waals surface area contributed by atoms with Crippen LogP contribution in [0, 0.1) is 0 Å². The summed E-state index contributed by atoms with van der Waals surface area (Å²) in [5.74, 6) is -0.962. The van der Waals surface area contributed by atoms with Gasteiger partial charge in [-0.25, -0.2) is 4.79 Å². The number of ether oxygens (including phenoxy) is 1. The van der Waals surface area contributed by atoms with E-state index in [2.05, 4.69) is 5.32 Å². The molecule has 0 bridgehead atoms. The Morgan fingerprint density at radius 1 is 1.42 bits per heavy atom. The minimum atomic E-state index is -0.962. The van der Waals surface area contributed by atoms with Gasteiger partial charge in [-0.2, -0.15) is 0 Å². The zero-order valence-corrected chi connectivity index (χ0v) is 11.4. The monoisotopic (exact) mass is 283 g/mol. The Hall–Kier alpha value is -1.26. The van der Waals surface area contributed by atoms with Gasteiger partial charge in [-0.15, -0.1) is 0 Å². The number of carboxylic acid groups (broad SMARTS) is 1. The Morgan fingerprint density at radius 2 is 2.16 bits per heavy atom. The minimum Gasteiger partial charge on any atom is -0.478 e. The van der Waals surface area contributed by atoms with E-state index >= 15 is 0 Å². The molecule has 0 saturated heterocycles. The predicted octanol–water partition coefficient (Wildman–Crippen LogP) is 3.41. The number of halogens is 1. The standard InChI is InChI=1S/C14H18ClNO3/c15-10-5-6-12(14(17)18)13(9-10)16-7-8-19-11-3-1-2-4-11/h5-6,9,11,16H,1-4,7-8H2,(H,17,18). The molecule has 1 aromatic rings. The lowest BCUT2D eigenvalue weighted by Gasteiger charge is -2.13. The van der Waals surface area contributed by atoms with E-state index in [1.807, 2.05) is 0 Å². The average Bonchev–Trinajstić information content (AvgIpc) is 2.87. The molecule has 0 aliphatic heterocycles. The first-order valence-corrected chi connectivity index (χ1v) is 6.93. The third kappa shape index (κ3) is 4.11. The maximum absolute atomic E-state index is 11.1. The fraction of sp³-hybridized carbons (Fsp3) is 0.500. The molecule has 0 unspecified atom stereocenters. The van der Waals surface area contributed by atoms with E-state index in [4.69, 9.17) is 21.4 Å². The van der Waals surface area contributed by atoms with Crippen molar-refractivity contribution in [1.29, 1.82) is 0 Å². The Balaban J connectivity index is 1.84. The van der Waals surface area contributed by atoms with Crippen molar-refractivity contribution in [2.75, 3.05) is 18.5 Å². The van der Waals surface area contributed by atoms with Gasteiger partial charge in [0.15, 0.2) is 0 Å². The zero-order chi connectivity index (χ0) is 13.7. The van der Waals surface area contributed by atoms with E-state index in [-0.39, 0.29) is 5.56 Å². The normalized spacial score (nSPS) is 15.6. The summed E-state index contributed by atoms with van der Waals surface area (Å²) in [4.78, 5) is 11.1. The van der Waals surface area contributed by atoms with Crippen molar-refractivity contribution >= 4 is 23.3 Å². The molecule has 104 valence electrons. The van der Waals surface area contributed by atoms with Crippen molar-refractivity contribution in [2.45, 2.75) is 31.8 Å². The van der Waals surface area contributed by atoms with Crippen molar-refractivity contribution in [3.8, 4) is 0 Å². The lowest BCUT2D eigenvalue weighted by atomic mass is 10.2. The van der Waals surface area contributed by atoms with Crippen LogP contribution in [0.5, 0.6) is 0 Å². The van der Waals surface area contributed by atoms with Gasteiger partial charge in [-0.05, 0) is 31.0 Å². The lowest BCUT2D eigenvalue weighted by molar-refractivity contribution is 0.0656. The number of carboxylic acids is 1. The van der Waals surface area contributed by atoms with Crippen LogP contribution in [0.15, 0.2) is 18.2 Å². The number of rotatable bonds is 6. The largest absolute Gasteiger partial charge is 0.478 e. The van der Waals surface area contributed by atoms with Gasteiger partial charge >= 0.3 is 5.97 Å². The molecule has 1 aliphatic rings. The Bertz CT molecular complexity index is 444. The van der Waals surface area contributed by atoms with Crippen LogP contribution < -0.4 is 5.32 Å². The van der Waals surface area contributed by atoms with Crippen molar-refractivity contribution in [3.63, 3.8) is 0 Å². The van der Waals surface area contributed by atoms with Crippen molar-refractivity contribution in [3.05, 3.63) is 28.8 Å². The highest BCUT2D eigenvalue weighted by atomic mass is 35.5. The number of nitrogens with one attached hydrogen (secondary N) is 1. The molecular weight excluding hydrogens is 266 g/mol. The average molecular weight is 284 g/mol. The predicted molar refractivity (Wildman–Crippen MR) is 75.1 cm³/mol. The molecule has 0 amide bonds. The SMILES string of the molecule is O=C(O)c1ccc(Cl)cc1NCCOC1CCCC1. The van der Waals surface area contributed by atoms with Crippen LogP contribution in [0.2, 0.25) is 5.02 Å². The second kappa shape index (κ2) is 6.78. The van der Waals surface area contributed by atoms with E-state index in [9.17, 15) is 4.79 Å². The van der Waals surface area contributed by atoms with Crippen LogP contribution in [0.25, 0.3) is 0 Å². The van der Waals surface area contributed by atoms with E-state index in [1.54, 1.807) is 12.1 Å². The van der Waals surface area contributed by atoms with E-state index in [0.29, 0.717) is 30.0 Å². The second-order valence-corrected chi connectivity index (χ2v) is 5.14. The summed E-state index contributed by atoms with van der Waals surface area (Å²) < 4.78 is 5.71. The first kappa shape index (κ1) is 14.2. The maximum Gasteiger partial charge on any atom is 0.337 e. The fourth-order valence-corrected chi connectivity index (χ4v) is 2.49. The first-order chi connectivity index (χ1) is 9.16. The molecule has 0 radical (unpaired) electrons. The summed E-state index contributed by atoms with van der Waals surface area (Å²) in [5.41, 5.74) is 0.764. The Kier molecular flexibility index (Phi) is 5.05. The summed E-state index contributed by atoms with van der Waals surface area (Å²) in [6.45, 7) is 1.16. The third-order valence-corrected chi connectivity index (χ3v) is 3.52. The molecule has 2 N–H and O–H groups in total. The molecule has 0 aromatic heterocycles. The van der Waals surface area contributed by atoms with Crippen LogP contribution in [0.4, 0.5) is 5.69 Å². The summed E-state index contributed by atoms with van der Waals surface area (Å²) in [7, 11) is 0. The van der Waals surface area contributed by atoms with Crippen LogP contribution in [-0.2, 0) is 4.74 Å². The molecule has 1 fully saturated rings. The van der Waals surface area contributed by atoms with Gasteiger partial charge in [0.1, 0.15) is 0 Å². The smallest absolute Gasteiger partial charge is 0.337 e. The number of hydrogen-bond donors (Lipinski definition) is 2. The van der Waals surface area contributed by atoms with Gasteiger partial charge in [-0.3, -0.25) is 0 Å². The molecule has 0 spiro atoms. The quantitative estimate of drug-likeness (QED) is 0.786. The minimum absolute atomic E-state index is 0.227. The highest BCUT2D eigenvalue weighted by molar-refractivity contribution is 6.31. The van der Waals surface area contributed by atoms with Crippen LogP contribution >= 0.6 is 11.6 Å². The fourth-order valence-electron chi connectivity index (χ4n) is 2.32. The molecule has 4 nitrogen and oxygen atoms in total. The number of carbonyl (C=O) groups is 1. The van der Waals surface area contributed by atoms with E-state index in [1.165, 1.54) is 18.9 Å². The topological polar surface area (TPSA) is 58.6 Å². The molecule has 1 aliphatic carbocycles. The summed E-state index contributed by atoms with van der Waals surface area (Å²) in [6, 6.07) is 4.70. The first-order valence-electron chi connectivity index (χ1n) is 6.55. The van der Waals surface area contributed by atoms with Crippen molar-refractivity contribution < 1.29 is 14.6 Å². The molecule has 19 heavy (non-hydrogen) atoms. The van der Waals surface area contributed by atoms with Gasteiger partial charge in [-0.1, -0.05) is 24.4 Å². The molecule has 5 heteroatoms. The van der Waals surface area contributed by atoms with Gasteiger partial charge in [0.2, 0.25) is 0 Å². The molecule has 0 atom stereocenters. The summed E-state index contributed by atoms with van der Waals surface area (Å²) >= 11 is 5.87. The third-order valence-electron chi connectivity index (χ3n) is 3.29. The molecule has 2 rings (SSSR count). The van der Waals surface area contributed by atoms with Gasteiger partial charge in [0.05, 0.1) is 24.0 Å². The molecule has 0 heterocycles. The summed E-state index contributed by atoms with van der Waals surface area (Å²) in [6.07, 6.45) is 5.14. The highest BCUT2D eigenvalue weighted by Gasteiger charge is 2.15. The van der Waals surface area contributed by atoms with Gasteiger partial charge in [0, 0.05) is 11.6 Å². The van der Waals surface area contributed by atoms with Gasteiger partial charge < -0.3 is 15.2 Å². The highest BCUT2D eigenvalue weighted by Crippen LogP contribution is 2.22. The maximum atomic E-state index is 11.1. The van der Waals surface area contributed by atoms with Crippen LogP contribution in [0.3, 0.4) is 0 Å². The summed E-state index contributed by atoms with van der Waals surface area (Å²) in [5, 5.41) is 12.7. The zero-order valence-electron chi connectivity index (χ0n) is 10.7. The van der Waals surface area contributed by atoms with E-state index < -0.39 is 5.97 Å². The van der Waals surface area contributed by atoms with Gasteiger partial charge in [0.25, 0.3) is 0 Å². The number of benzene rings is 1.